The van der Waals surface area contributed by atoms with E-state index in [0.29, 0.717) is 41.3 Å². The average Bonchev–Trinajstić information content (AvgIpc) is 3.21. The minimum atomic E-state index is -1.82. The van der Waals surface area contributed by atoms with Crippen LogP contribution in [0.25, 0.3) is 42.8 Å². The fraction of sp³-hybridized carbons (Fsp3) is 0.394. The number of hydrogen-bond donors (Lipinski definition) is 4. The number of pyridine rings is 3. The molecule has 0 unspecified atom stereocenters. The fourth-order valence-electron chi connectivity index (χ4n) is 3.12. The Morgan fingerprint density at radius 1 is 0.683 bits per heavy atom. The van der Waals surface area contributed by atoms with E-state index in [2.05, 4.69) is 52.0 Å². The summed E-state index contributed by atoms with van der Waals surface area (Å²) >= 11 is -0.472. The van der Waals surface area contributed by atoms with Crippen molar-refractivity contribution in [2.75, 3.05) is 0 Å². The minimum Gasteiger partial charge on any atom is -0.672 e. The maximum absolute atomic E-state index is 10.4. The normalized spacial score (nSPS) is 9.78. The molecule has 4 rings (SSSR count). The van der Waals surface area contributed by atoms with Crippen molar-refractivity contribution in [3.63, 3.8) is 0 Å². The number of azide groups is 3. The van der Waals surface area contributed by atoms with Gasteiger partial charge >= 0.3 is 59.2 Å². The molecule has 22 nitrogen and oxygen atoms in total. The first-order chi connectivity index (χ1) is 27.7. The van der Waals surface area contributed by atoms with Gasteiger partial charge in [-0.3, -0.25) is 24.5 Å². The van der Waals surface area contributed by atoms with Gasteiger partial charge in [0, 0.05) is 110 Å². The zero-order chi connectivity index (χ0) is 46.0. The molecule has 1 fully saturated rings. The molecule has 1 aliphatic rings. The van der Waals surface area contributed by atoms with Gasteiger partial charge in [0.1, 0.15) is 0 Å². The van der Waals surface area contributed by atoms with E-state index in [1.807, 2.05) is 41.5 Å². The SMILES string of the molecule is CC.CC.CC.O=C(O)C(=O)O.O=C(O)C1(C(=O)O)CCC1.[CH2-]Cc1cc(N=[N+]=[N-])ccn1.[Cl][Pt][Cl].[N-]=[N+]=Nc1ccnc(C[NH-])c1.[N-]=[N+]=Nc1ccnc(C[NH-])c1.[Pt].[Pt]. The molecule has 3 heterocycles. The summed E-state index contributed by atoms with van der Waals surface area (Å²) in [4.78, 5) is 58.6. The number of aliphatic carboxylic acids is 4. The van der Waals surface area contributed by atoms with Crippen LogP contribution in [0.15, 0.2) is 70.3 Å². The summed E-state index contributed by atoms with van der Waals surface area (Å²) in [5.41, 5.74) is 40.4. The molecule has 0 bridgehead atoms. The molecule has 3 aromatic heterocycles. The Kier molecular flexibility index (Phi) is 57.7. The van der Waals surface area contributed by atoms with E-state index in [1.54, 1.807) is 42.6 Å². The Morgan fingerprint density at radius 2 is 0.950 bits per heavy atom. The Labute approximate surface area is 393 Å². The fourth-order valence-corrected chi connectivity index (χ4v) is 3.12. The Balaban J connectivity index is -0.000000112. The predicted octanol–water partition coefficient (Wildman–Crippen LogP) is 11.5. The summed E-state index contributed by atoms with van der Waals surface area (Å²) in [6.07, 6.45) is 6.51. The number of aromatic nitrogens is 3. The first-order valence-corrected chi connectivity index (χ1v) is 22.2. The molecule has 0 radical (unpaired) electrons. The van der Waals surface area contributed by atoms with Crippen LogP contribution in [0, 0.1) is 12.3 Å². The Bertz CT molecular complexity index is 1590. The number of nitrogens with one attached hydrogen (secondary N) is 2. The van der Waals surface area contributed by atoms with Crippen molar-refractivity contribution in [3.05, 3.63) is 122 Å². The minimum absolute atomic E-state index is 0. The van der Waals surface area contributed by atoms with E-state index in [9.17, 15) is 9.59 Å². The molecular weight excluding hydrogens is 1380 g/mol. The summed E-state index contributed by atoms with van der Waals surface area (Å²) in [6.45, 7) is 15.9. The van der Waals surface area contributed by atoms with E-state index in [-0.39, 0.29) is 68.1 Å². The molecule has 0 amide bonds. The van der Waals surface area contributed by atoms with Crippen molar-refractivity contribution in [3.8, 4) is 0 Å². The van der Waals surface area contributed by atoms with Gasteiger partial charge in [0.25, 0.3) is 0 Å². The number of carbonyl (C=O) groups is 4. The average molecular weight is 1420 g/mol. The van der Waals surface area contributed by atoms with Crippen LogP contribution in [-0.4, -0.2) is 59.3 Å². The van der Waals surface area contributed by atoms with E-state index in [4.69, 9.17) is 76.9 Å². The van der Waals surface area contributed by atoms with Crippen molar-refractivity contribution in [1.82, 2.24) is 15.0 Å². The zero-order valence-electron chi connectivity index (χ0n) is 33.1. The van der Waals surface area contributed by atoms with E-state index >= 15 is 0 Å². The molecule has 60 heavy (non-hydrogen) atoms. The van der Waals surface area contributed by atoms with Crippen LogP contribution in [0.5, 0.6) is 0 Å². The largest absolute Gasteiger partial charge is 0.672 e. The van der Waals surface area contributed by atoms with Crippen LogP contribution in [-0.2, 0) is 97.3 Å². The second-order valence-electron chi connectivity index (χ2n) is 8.89. The van der Waals surface area contributed by atoms with Crippen molar-refractivity contribution in [2.24, 2.45) is 20.8 Å². The van der Waals surface area contributed by atoms with Gasteiger partial charge in [0.2, 0.25) is 0 Å². The van der Waals surface area contributed by atoms with E-state index in [1.165, 1.54) is 12.4 Å². The number of hydrogen-bond acceptors (Lipinski definition) is 10. The molecule has 1 saturated carbocycles. The summed E-state index contributed by atoms with van der Waals surface area (Å²) < 4.78 is 0. The number of rotatable bonds is 8. The summed E-state index contributed by atoms with van der Waals surface area (Å²) in [5.74, 6) is -6.05. The molecule has 6 N–H and O–H groups in total. The molecular formula is C33H47Cl2N14O8Pt3-3. The van der Waals surface area contributed by atoms with Gasteiger partial charge in [-0.1, -0.05) is 56.9 Å². The molecule has 1 aliphatic carbocycles. The molecule has 0 spiro atoms. The van der Waals surface area contributed by atoms with Gasteiger partial charge in [-0.2, -0.15) is 0 Å². The second kappa shape index (κ2) is 49.2. The third kappa shape index (κ3) is 35.7. The first-order valence-electron chi connectivity index (χ1n) is 16.6. The van der Waals surface area contributed by atoms with Crippen molar-refractivity contribution in [1.29, 1.82) is 0 Å². The summed E-state index contributed by atoms with van der Waals surface area (Å²) in [5, 5.41) is 41.9. The predicted molar refractivity (Wildman–Crippen MR) is 217 cm³/mol. The maximum Gasteiger partial charge on any atom is 0.0408 e. The van der Waals surface area contributed by atoms with Crippen LogP contribution >= 0.6 is 18.8 Å². The van der Waals surface area contributed by atoms with Gasteiger partial charge in [0.15, 0.2) is 5.41 Å². The third-order valence-electron chi connectivity index (χ3n) is 5.71. The molecule has 0 aromatic carbocycles. The van der Waals surface area contributed by atoms with Gasteiger partial charge in [-0.15, -0.1) is 19.5 Å². The standard InChI is InChI=1S/C7H7N4.2C6H6N5.C6H8O4.C2H2O4.3C2H6.2ClH.3Pt/c1-2-6-5-7(10-11-8)3-4-9-6;2*7-4-6-3-5(10-11-8)1-2-9-6;7-4(8)6(5(9)10)2-1-3-6;3-1(4)2(5)6;3*1-2;;;;;/h3-5H,1-2H2;2*1-3,7H,4H2;1-3H2,(H,7,8)(H,9,10);(H,3,4)(H,5,6);3*1-2H3;2*1H;;;/q3*-1;;;;;;;;;;+2/p-2. The number of carboxylic acids is 4. The summed E-state index contributed by atoms with van der Waals surface area (Å²) in [7, 11) is 9.75. The van der Waals surface area contributed by atoms with E-state index in [0.717, 1.165) is 5.69 Å². The van der Waals surface area contributed by atoms with Gasteiger partial charge < -0.3 is 38.8 Å². The Morgan fingerprint density at radius 3 is 1.12 bits per heavy atom. The molecule has 27 heteroatoms. The molecule has 0 atom stereocenters. The number of halogens is 2. The molecule has 3 aromatic rings. The van der Waals surface area contributed by atoms with Crippen LogP contribution < -0.4 is 0 Å². The monoisotopic (exact) mass is 1420 g/mol. The number of nitrogens with zero attached hydrogens (tertiary/aromatic N) is 12. The van der Waals surface area contributed by atoms with Gasteiger partial charge in [-0.05, 0) is 72.3 Å². The topological polar surface area (TPSA) is 382 Å². The van der Waals surface area contributed by atoms with Gasteiger partial charge in [-0.25, -0.2) is 9.59 Å². The molecule has 344 valence electrons. The van der Waals surface area contributed by atoms with Crippen molar-refractivity contribution in [2.45, 2.75) is 80.3 Å². The third-order valence-corrected chi connectivity index (χ3v) is 5.71. The Hall–Kier alpha value is -4.18. The van der Waals surface area contributed by atoms with Crippen molar-refractivity contribution >= 4 is 59.8 Å². The quantitative estimate of drug-likeness (QED) is 0.0410. The molecule has 0 aliphatic heterocycles. The van der Waals surface area contributed by atoms with Crippen LogP contribution in [0.4, 0.5) is 17.1 Å². The van der Waals surface area contributed by atoms with Crippen LogP contribution in [0.3, 0.4) is 0 Å². The van der Waals surface area contributed by atoms with E-state index < -0.39 is 45.8 Å². The second-order valence-corrected chi connectivity index (χ2v) is 12.2. The maximum atomic E-state index is 10.4. The summed E-state index contributed by atoms with van der Waals surface area (Å²) in [6, 6.07) is 9.74. The smallest absolute Gasteiger partial charge is 0.0408 e. The van der Waals surface area contributed by atoms with Crippen molar-refractivity contribution < 1.29 is 98.2 Å². The zero-order valence-corrected chi connectivity index (χ0v) is 41.5. The van der Waals surface area contributed by atoms with Gasteiger partial charge in [0.05, 0.1) is 0 Å². The molecule has 0 saturated heterocycles. The van der Waals surface area contributed by atoms with Crippen LogP contribution in [0.1, 0.15) is 77.9 Å². The first kappa shape index (κ1) is 70.4. The number of carboxylic acid groups (broad SMARTS) is 4. The van der Waals surface area contributed by atoms with Crippen LogP contribution in [0.2, 0.25) is 0 Å².